The summed E-state index contributed by atoms with van der Waals surface area (Å²) in [7, 11) is 1.86. The fourth-order valence-electron chi connectivity index (χ4n) is 3.53. The van der Waals surface area contributed by atoms with E-state index in [0.717, 1.165) is 37.6 Å². The van der Waals surface area contributed by atoms with Crippen molar-refractivity contribution in [1.29, 1.82) is 0 Å². The Bertz CT molecular complexity index is 415. The Kier molecular flexibility index (Phi) is 3.11. The van der Waals surface area contributed by atoms with E-state index < -0.39 is 0 Å². The van der Waals surface area contributed by atoms with Crippen LogP contribution in [0.5, 0.6) is 0 Å². The van der Waals surface area contributed by atoms with Crippen LogP contribution in [-0.2, 0) is 11.8 Å². The molecule has 0 amide bonds. The van der Waals surface area contributed by atoms with E-state index in [1.165, 1.54) is 12.8 Å². The molecule has 2 fully saturated rings. The molecule has 1 N–H and O–H groups in total. The predicted octanol–water partition coefficient (Wildman–Crippen LogP) is 1.42. The molecule has 0 bridgehead atoms. The highest BCUT2D eigenvalue weighted by atomic mass is 16.5. The number of rotatable bonds is 1. The third kappa shape index (κ3) is 2.06. The van der Waals surface area contributed by atoms with Gasteiger partial charge in [0.2, 0.25) is 0 Å². The maximum Gasteiger partial charge on any atom is 0.103 e. The molecule has 18 heavy (non-hydrogen) atoms. The van der Waals surface area contributed by atoms with Crippen LogP contribution in [0.3, 0.4) is 0 Å². The molecule has 2 heterocycles. The van der Waals surface area contributed by atoms with E-state index in [0.29, 0.717) is 0 Å². The Balaban J connectivity index is 1.89. The lowest BCUT2D eigenvalue weighted by Gasteiger charge is -2.47. The zero-order chi connectivity index (χ0) is 12.6. The van der Waals surface area contributed by atoms with Crippen molar-refractivity contribution in [3.8, 4) is 0 Å². The van der Waals surface area contributed by atoms with Crippen molar-refractivity contribution in [3.05, 3.63) is 11.9 Å². The summed E-state index contributed by atoms with van der Waals surface area (Å²) in [6, 6.07) is 0.197. The summed E-state index contributed by atoms with van der Waals surface area (Å²) in [6.45, 7) is 4.04. The van der Waals surface area contributed by atoms with Gasteiger partial charge in [0.05, 0.1) is 24.4 Å². The van der Waals surface area contributed by atoms with Crippen molar-refractivity contribution < 1.29 is 4.74 Å². The van der Waals surface area contributed by atoms with Gasteiger partial charge in [0.15, 0.2) is 0 Å². The van der Waals surface area contributed by atoms with Gasteiger partial charge in [-0.1, -0.05) is 19.8 Å². The van der Waals surface area contributed by atoms with Crippen LogP contribution >= 0.6 is 0 Å². The Morgan fingerprint density at radius 1 is 1.56 bits per heavy atom. The molecule has 5 nitrogen and oxygen atoms in total. The first-order valence-electron chi connectivity index (χ1n) is 6.93. The van der Waals surface area contributed by atoms with Crippen LogP contribution < -0.4 is 5.32 Å². The van der Waals surface area contributed by atoms with Crippen molar-refractivity contribution in [3.63, 3.8) is 0 Å². The molecule has 1 aromatic rings. The molecule has 5 heteroatoms. The van der Waals surface area contributed by atoms with Gasteiger partial charge >= 0.3 is 0 Å². The Morgan fingerprint density at radius 2 is 2.44 bits per heavy atom. The molecular formula is C13H22N4O. The summed E-state index contributed by atoms with van der Waals surface area (Å²) in [5.74, 6) is 0.734. The number of nitrogens with zero attached hydrogens (tertiary/aromatic N) is 3. The van der Waals surface area contributed by atoms with Gasteiger partial charge < -0.3 is 10.1 Å². The summed E-state index contributed by atoms with van der Waals surface area (Å²) in [5.41, 5.74) is 0.956. The molecule has 3 rings (SSSR count). The van der Waals surface area contributed by atoms with Crippen LogP contribution in [0.2, 0.25) is 0 Å². The summed E-state index contributed by atoms with van der Waals surface area (Å²) in [6.07, 6.45) is 6.69. The summed E-state index contributed by atoms with van der Waals surface area (Å²) < 4.78 is 6.21. The van der Waals surface area contributed by atoms with Crippen LogP contribution in [0.1, 0.15) is 44.3 Å². The third-order valence-electron chi connectivity index (χ3n) is 4.27. The van der Waals surface area contributed by atoms with Crippen LogP contribution in [0, 0.1) is 5.92 Å². The smallest absolute Gasteiger partial charge is 0.103 e. The highest BCUT2D eigenvalue weighted by Gasteiger charge is 2.46. The number of hydrogen-bond donors (Lipinski definition) is 1. The lowest BCUT2D eigenvalue weighted by molar-refractivity contribution is -0.129. The second-order valence-corrected chi connectivity index (χ2v) is 5.76. The van der Waals surface area contributed by atoms with E-state index in [2.05, 4.69) is 22.4 Å². The highest BCUT2D eigenvalue weighted by molar-refractivity contribution is 5.12. The summed E-state index contributed by atoms with van der Waals surface area (Å²) in [4.78, 5) is 1.63. The van der Waals surface area contributed by atoms with Gasteiger partial charge in [-0.25, -0.2) is 0 Å². The number of hydrogen-bond acceptors (Lipinski definition) is 4. The molecule has 2 aliphatic rings. The molecule has 100 valence electrons. The lowest BCUT2D eigenvalue weighted by atomic mass is 9.73. The summed E-state index contributed by atoms with van der Waals surface area (Å²) in [5, 5.41) is 12.3. The average Bonchev–Trinajstić information content (AvgIpc) is 2.76. The molecule has 1 aliphatic heterocycles. The van der Waals surface area contributed by atoms with Crippen LogP contribution in [0.4, 0.5) is 0 Å². The molecule has 0 aromatic carbocycles. The third-order valence-corrected chi connectivity index (χ3v) is 4.27. The van der Waals surface area contributed by atoms with E-state index in [4.69, 9.17) is 4.74 Å². The van der Waals surface area contributed by atoms with Crippen molar-refractivity contribution in [1.82, 2.24) is 20.3 Å². The van der Waals surface area contributed by atoms with E-state index >= 15 is 0 Å². The zero-order valence-electron chi connectivity index (χ0n) is 11.2. The summed E-state index contributed by atoms with van der Waals surface area (Å²) >= 11 is 0. The monoisotopic (exact) mass is 250 g/mol. The SMILES string of the molecule is CC1CCCC2(C1)OCCNC2c1cnn(C)n1. The van der Waals surface area contributed by atoms with Gasteiger partial charge in [-0.05, 0) is 18.8 Å². The van der Waals surface area contributed by atoms with Crippen LogP contribution in [0.25, 0.3) is 0 Å². The minimum Gasteiger partial charge on any atom is -0.372 e. The number of aromatic nitrogens is 3. The van der Waals surface area contributed by atoms with Crippen molar-refractivity contribution in [2.75, 3.05) is 13.2 Å². The fraction of sp³-hybridized carbons (Fsp3) is 0.846. The first-order chi connectivity index (χ1) is 8.70. The van der Waals surface area contributed by atoms with Gasteiger partial charge in [-0.15, -0.1) is 0 Å². The molecule has 1 spiro atoms. The van der Waals surface area contributed by atoms with Gasteiger partial charge in [-0.2, -0.15) is 15.0 Å². The zero-order valence-corrected chi connectivity index (χ0v) is 11.2. The second-order valence-electron chi connectivity index (χ2n) is 5.76. The van der Waals surface area contributed by atoms with Crippen LogP contribution in [-0.4, -0.2) is 33.7 Å². The molecule has 1 saturated heterocycles. The number of morpholine rings is 1. The second kappa shape index (κ2) is 4.63. The molecule has 3 unspecified atom stereocenters. The lowest BCUT2D eigenvalue weighted by Crippen LogP contribution is -2.54. The van der Waals surface area contributed by atoms with Gasteiger partial charge in [-0.3, -0.25) is 0 Å². The first-order valence-corrected chi connectivity index (χ1v) is 6.93. The molecule has 1 aliphatic carbocycles. The normalized spacial score (nSPS) is 37.0. The van der Waals surface area contributed by atoms with Crippen molar-refractivity contribution in [2.24, 2.45) is 13.0 Å². The van der Waals surface area contributed by atoms with E-state index in [1.54, 1.807) is 4.80 Å². The number of aryl methyl sites for hydroxylation is 1. The van der Waals surface area contributed by atoms with E-state index in [1.807, 2.05) is 13.2 Å². The molecule has 1 aromatic heterocycles. The van der Waals surface area contributed by atoms with Crippen molar-refractivity contribution >= 4 is 0 Å². The molecular weight excluding hydrogens is 228 g/mol. The molecule has 0 radical (unpaired) electrons. The highest BCUT2D eigenvalue weighted by Crippen LogP contribution is 2.44. The minimum atomic E-state index is -0.0635. The van der Waals surface area contributed by atoms with Gasteiger partial charge in [0, 0.05) is 13.6 Å². The molecule has 1 saturated carbocycles. The van der Waals surface area contributed by atoms with Gasteiger partial charge in [0.1, 0.15) is 5.69 Å². The van der Waals surface area contributed by atoms with Crippen molar-refractivity contribution in [2.45, 2.75) is 44.2 Å². The first kappa shape index (κ1) is 12.1. The van der Waals surface area contributed by atoms with Gasteiger partial charge in [0.25, 0.3) is 0 Å². The Morgan fingerprint density at radius 3 is 3.17 bits per heavy atom. The average molecular weight is 250 g/mol. The quantitative estimate of drug-likeness (QED) is 0.819. The molecule has 3 atom stereocenters. The Labute approximate surface area is 108 Å². The van der Waals surface area contributed by atoms with E-state index in [9.17, 15) is 0 Å². The fourth-order valence-corrected chi connectivity index (χ4v) is 3.53. The number of nitrogens with one attached hydrogen (secondary N) is 1. The number of ether oxygens (including phenoxy) is 1. The van der Waals surface area contributed by atoms with E-state index in [-0.39, 0.29) is 11.6 Å². The Hall–Kier alpha value is -0.940. The minimum absolute atomic E-state index is 0.0635. The van der Waals surface area contributed by atoms with Crippen LogP contribution in [0.15, 0.2) is 6.20 Å². The topological polar surface area (TPSA) is 52.0 Å². The standard InChI is InChI=1S/C13H22N4O/c1-10-4-3-5-13(8-10)12(14-6-7-18-13)11-9-15-17(2)16-11/h9-10,12,14H,3-8H2,1-2H3. The maximum absolute atomic E-state index is 6.21. The maximum atomic E-state index is 6.21. The largest absolute Gasteiger partial charge is 0.372 e. The predicted molar refractivity (Wildman–Crippen MR) is 68.1 cm³/mol.